The van der Waals surface area contributed by atoms with E-state index in [0.717, 1.165) is 18.1 Å². The van der Waals surface area contributed by atoms with E-state index in [-0.39, 0.29) is 47.7 Å². The van der Waals surface area contributed by atoms with Crippen LogP contribution in [-0.4, -0.2) is 53.7 Å². The van der Waals surface area contributed by atoms with Gasteiger partial charge in [0.25, 0.3) is 5.91 Å². The molecule has 4 rings (SSSR count). The van der Waals surface area contributed by atoms with Gasteiger partial charge >= 0.3 is 12.3 Å². The molecule has 7 nitrogen and oxygen atoms in total. The van der Waals surface area contributed by atoms with Gasteiger partial charge in [0.05, 0.1) is 23.2 Å². The number of nitrogens with zero attached hydrogens (tertiary/aromatic N) is 2. The molecule has 0 aliphatic carbocycles. The quantitative estimate of drug-likeness (QED) is 0.252. The molecule has 1 aliphatic rings. The van der Waals surface area contributed by atoms with Crippen LogP contribution in [0.25, 0.3) is 10.9 Å². The highest BCUT2D eigenvalue weighted by atomic mass is 35.5. The van der Waals surface area contributed by atoms with E-state index in [1.807, 2.05) is 0 Å². The van der Waals surface area contributed by atoms with Crippen LogP contribution in [0, 0.1) is 18.8 Å². The minimum atomic E-state index is -4.81. The fraction of sp³-hybridized carbons (Fsp3) is 0.393. The first kappa shape index (κ1) is 29.7. The van der Waals surface area contributed by atoms with Gasteiger partial charge in [0.1, 0.15) is 5.75 Å². The third-order valence-electron chi connectivity index (χ3n) is 7.27. The summed E-state index contributed by atoms with van der Waals surface area (Å²) < 4.78 is 48.7. The predicted octanol–water partition coefficient (Wildman–Crippen LogP) is 6.12. The number of carbonyl (C=O) groups excluding carboxylic acids is 3. The minimum Gasteiger partial charge on any atom is -0.463 e. The van der Waals surface area contributed by atoms with Gasteiger partial charge < -0.3 is 18.9 Å². The number of piperidine rings is 1. The second-order valence-electron chi connectivity index (χ2n) is 9.99. The van der Waals surface area contributed by atoms with Gasteiger partial charge in [-0.25, -0.2) is 4.79 Å². The normalized spacial score (nSPS) is 17.7. The number of rotatable bonds is 6. The molecule has 1 aromatic heterocycles. The van der Waals surface area contributed by atoms with Crippen molar-refractivity contribution in [2.24, 2.45) is 18.9 Å². The first-order chi connectivity index (χ1) is 18.7. The number of benzene rings is 2. The lowest BCUT2D eigenvalue weighted by atomic mass is 9.83. The Balaban J connectivity index is 1.61. The highest BCUT2D eigenvalue weighted by Crippen LogP contribution is 2.37. The molecule has 0 spiro atoms. The Kier molecular flexibility index (Phi) is 8.42. The average Bonchev–Trinajstić information content (AvgIpc) is 3.19. The molecule has 2 unspecified atom stereocenters. The highest BCUT2D eigenvalue weighted by molar-refractivity contribution is 6.38. The number of carbonyl (C=O) groups is 3. The van der Waals surface area contributed by atoms with E-state index < -0.39 is 24.0 Å². The van der Waals surface area contributed by atoms with Crippen molar-refractivity contribution in [2.75, 3.05) is 20.2 Å². The van der Waals surface area contributed by atoms with E-state index in [1.54, 1.807) is 48.7 Å². The van der Waals surface area contributed by atoms with Gasteiger partial charge in [0.2, 0.25) is 5.78 Å². The molecule has 1 aliphatic heterocycles. The Labute approximate surface area is 238 Å². The second kappa shape index (κ2) is 11.3. The first-order valence-corrected chi connectivity index (χ1v) is 13.2. The van der Waals surface area contributed by atoms with Crippen LogP contribution in [0.4, 0.5) is 13.2 Å². The molecule has 0 N–H and O–H groups in total. The standard InChI is InChI=1S/C28H27Cl2F3N2O5/c1-14-9-17(40-28(31,32)33)11-22-23(14)16(13-34(22)3)10-20-21(29)6-5-19(24(20)30)26(37)35-8-7-18(15(2)12-35)25(36)27(38)39-4/h5-6,9,11,13,15,18H,7-8,10,12H2,1-4H3. The second-order valence-corrected chi connectivity index (χ2v) is 10.8. The number of ether oxygens (including phenoxy) is 2. The Morgan fingerprint density at radius 3 is 2.48 bits per heavy atom. The molecule has 0 saturated carbocycles. The van der Waals surface area contributed by atoms with Crippen molar-refractivity contribution >= 4 is 51.8 Å². The number of methoxy groups -OCH3 is 1. The molecular weight excluding hydrogens is 572 g/mol. The van der Waals surface area contributed by atoms with Gasteiger partial charge in [-0.05, 0) is 54.2 Å². The third-order valence-corrected chi connectivity index (χ3v) is 8.06. The molecule has 214 valence electrons. The smallest absolute Gasteiger partial charge is 0.463 e. The zero-order valence-corrected chi connectivity index (χ0v) is 23.7. The summed E-state index contributed by atoms with van der Waals surface area (Å²) >= 11 is 13.3. The molecule has 1 saturated heterocycles. The lowest BCUT2D eigenvalue weighted by molar-refractivity contribution is -0.274. The van der Waals surface area contributed by atoms with Gasteiger partial charge in [-0.15, -0.1) is 13.2 Å². The van der Waals surface area contributed by atoms with Crippen molar-refractivity contribution in [1.29, 1.82) is 0 Å². The number of fused-ring (bicyclic) bond motifs is 1. The molecule has 40 heavy (non-hydrogen) atoms. The molecule has 0 bridgehead atoms. The Morgan fingerprint density at radius 2 is 1.85 bits per heavy atom. The number of esters is 1. The lowest BCUT2D eigenvalue weighted by Gasteiger charge is -2.36. The number of likely N-dealkylation sites (tertiary alicyclic amines) is 1. The van der Waals surface area contributed by atoms with Gasteiger partial charge in [-0.3, -0.25) is 9.59 Å². The zero-order chi connectivity index (χ0) is 29.5. The number of aryl methyl sites for hydroxylation is 2. The van der Waals surface area contributed by atoms with Crippen LogP contribution in [0.3, 0.4) is 0 Å². The SMILES string of the molecule is COC(=O)C(=O)C1CCN(C(=O)c2ccc(Cl)c(Cc3cn(C)c4cc(OC(F)(F)F)cc(C)c34)c2Cl)CC1C. The number of alkyl halides is 3. The molecule has 1 amide bonds. The van der Waals surface area contributed by atoms with Crippen LogP contribution in [0.15, 0.2) is 30.5 Å². The number of aromatic nitrogens is 1. The molecule has 3 aromatic rings. The van der Waals surface area contributed by atoms with E-state index in [9.17, 15) is 27.6 Å². The lowest BCUT2D eigenvalue weighted by Crippen LogP contribution is -2.46. The van der Waals surface area contributed by atoms with Crippen LogP contribution in [-0.2, 0) is 27.8 Å². The summed E-state index contributed by atoms with van der Waals surface area (Å²) in [5.41, 5.74) is 2.61. The van der Waals surface area contributed by atoms with Gasteiger partial charge in [0.15, 0.2) is 0 Å². The number of hydrogen-bond donors (Lipinski definition) is 0. The summed E-state index contributed by atoms with van der Waals surface area (Å²) in [6.07, 6.45) is -2.50. The fourth-order valence-electron chi connectivity index (χ4n) is 5.38. The number of amides is 1. The van der Waals surface area contributed by atoms with Crippen molar-refractivity contribution in [2.45, 2.75) is 33.1 Å². The van der Waals surface area contributed by atoms with Crippen molar-refractivity contribution in [3.8, 4) is 5.75 Å². The van der Waals surface area contributed by atoms with Crippen LogP contribution >= 0.6 is 23.2 Å². The maximum absolute atomic E-state index is 13.5. The van der Waals surface area contributed by atoms with Crippen LogP contribution in [0.5, 0.6) is 5.75 Å². The highest BCUT2D eigenvalue weighted by Gasteiger charge is 2.37. The average molecular weight is 599 g/mol. The summed E-state index contributed by atoms with van der Waals surface area (Å²) in [4.78, 5) is 39.1. The van der Waals surface area contributed by atoms with Crippen LogP contribution in [0.1, 0.15) is 40.4 Å². The Bertz CT molecular complexity index is 1500. The summed E-state index contributed by atoms with van der Waals surface area (Å²) in [6.45, 7) is 4.00. The van der Waals surface area contributed by atoms with E-state index in [0.29, 0.717) is 28.1 Å². The number of Topliss-reactive ketones (excluding diaryl/α,β-unsaturated/α-hetero) is 1. The maximum Gasteiger partial charge on any atom is 0.573 e. The van der Waals surface area contributed by atoms with Gasteiger partial charge in [0, 0.05) is 55.1 Å². The predicted molar refractivity (Wildman–Crippen MR) is 144 cm³/mol. The van der Waals surface area contributed by atoms with Crippen molar-refractivity contribution in [3.05, 3.63) is 62.8 Å². The van der Waals surface area contributed by atoms with E-state index in [1.165, 1.54) is 12.1 Å². The number of ketones is 1. The van der Waals surface area contributed by atoms with E-state index >= 15 is 0 Å². The minimum absolute atomic E-state index is 0.171. The summed E-state index contributed by atoms with van der Waals surface area (Å²) in [5.74, 6) is -2.95. The molecule has 1 fully saturated rings. The van der Waals surface area contributed by atoms with E-state index in [2.05, 4.69) is 9.47 Å². The molecule has 12 heteroatoms. The van der Waals surface area contributed by atoms with Gasteiger partial charge in [-0.1, -0.05) is 30.1 Å². The monoisotopic (exact) mass is 598 g/mol. The van der Waals surface area contributed by atoms with Crippen LogP contribution < -0.4 is 4.74 Å². The summed E-state index contributed by atoms with van der Waals surface area (Å²) in [5, 5.41) is 1.24. The Hall–Kier alpha value is -3.24. The molecule has 2 atom stereocenters. The largest absolute Gasteiger partial charge is 0.573 e. The summed E-state index contributed by atoms with van der Waals surface area (Å²) in [7, 11) is 2.87. The van der Waals surface area contributed by atoms with Crippen LogP contribution in [0.2, 0.25) is 10.0 Å². The third kappa shape index (κ3) is 5.93. The fourth-order valence-corrected chi connectivity index (χ4v) is 5.97. The van der Waals surface area contributed by atoms with Crippen molar-refractivity contribution in [3.63, 3.8) is 0 Å². The van der Waals surface area contributed by atoms with Crippen molar-refractivity contribution < 1.29 is 37.0 Å². The first-order valence-electron chi connectivity index (χ1n) is 12.4. The van der Waals surface area contributed by atoms with E-state index in [4.69, 9.17) is 23.2 Å². The summed E-state index contributed by atoms with van der Waals surface area (Å²) in [6, 6.07) is 5.76. The van der Waals surface area contributed by atoms with Gasteiger partial charge in [-0.2, -0.15) is 0 Å². The zero-order valence-electron chi connectivity index (χ0n) is 22.2. The molecule has 2 heterocycles. The number of hydrogen-bond acceptors (Lipinski definition) is 5. The number of halogens is 5. The molecule has 0 radical (unpaired) electrons. The maximum atomic E-state index is 13.5. The topological polar surface area (TPSA) is 77.8 Å². The van der Waals surface area contributed by atoms with Crippen molar-refractivity contribution in [1.82, 2.24) is 9.47 Å². The Morgan fingerprint density at radius 1 is 1.15 bits per heavy atom. The molecule has 2 aromatic carbocycles. The molecular formula is C28H27Cl2F3N2O5.